The molecule has 1 atom stereocenters. The van der Waals surface area contributed by atoms with Crippen molar-refractivity contribution in [1.82, 2.24) is 5.32 Å². The zero-order valence-electron chi connectivity index (χ0n) is 10.2. The average molecular weight is 305 g/mol. The van der Waals surface area contributed by atoms with Gasteiger partial charge in [0.15, 0.2) is 0 Å². The number of rotatable bonds is 4. The molecule has 0 unspecified atom stereocenters. The average Bonchev–Trinajstić information content (AvgIpc) is 2.34. The Labute approximate surface area is 120 Å². The highest BCUT2D eigenvalue weighted by atomic mass is 35.5. The molecule has 0 saturated heterocycles. The largest absolute Gasteiger partial charge is 0.396 e. The van der Waals surface area contributed by atoms with Gasteiger partial charge in [-0.05, 0) is 31.5 Å². The van der Waals surface area contributed by atoms with Crippen molar-refractivity contribution >= 4 is 40.7 Å². The lowest BCUT2D eigenvalue weighted by atomic mass is 10.2. The minimum atomic E-state index is -0.803. The summed E-state index contributed by atoms with van der Waals surface area (Å²) in [6, 6.07) is 4.23. The Kier molecular flexibility index (Phi) is 6.08. The predicted octanol–water partition coefficient (Wildman–Crippen LogP) is 1.82. The monoisotopic (exact) mass is 304 g/mol. The van der Waals surface area contributed by atoms with Crippen molar-refractivity contribution in [2.45, 2.75) is 19.4 Å². The number of amides is 2. The SMILES string of the molecule is C[C@H](CCO)NC(=O)C(=O)Nc1ccc(Cl)c(Cl)c1. The molecule has 0 radical (unpaired) electrons. The van der Waals surface area contributed by atoms with Crippen LogP contribution in [0.1, 0.15) is 13.3 Å². The zero-order chi connectivity index (χ0) is 14.4. The topological polar surface area (TPSA) is 78.4 Å². The Morgan fingerprint density at radius 2 is 1.95 bits per heavy atom. The maximum atomic E-state index is 11.6. The molecule has 19 heavy (non-hydrogen) atoms. The summed E-state index contributed by atoms with van der Waals surface area (Å²) < 4.78 is 0. The summed E-state index contributed by atoms with van der Waals surface area (Å²) in [4.78, 5) is 23.1. The molecule has 5 nitrogen and oxygen atoms in total. The molecule has 0 aliphatic rings. The molecule has 1 rings (SSSR count). The number of anilines is 1. The number of nitrogens with one attached hydrogen (secondary N) is 2. The molecule has 2 amide bonds. The second-order valence-corrected chi connectivity index (χ2v) is 4.78. The van der Waals surface area contributed by atoms with E-state index in [1.807, 2.05) is 0 Å². The van der Waals surface area contributed by atoms with Gasteiger partial charge in [0.1, 0.15) is 0 Å². The molecule has 7 heteroatoms. The van der Waals surface area contributed by atoms with Crippen molar-refractivity contribution in [3.8, 4) is 0 Å². The van der Waals surface area contributed by atoms with Crippen LogP contribution in [0.25, 0.3) is 0 Å². The lowest BCUT2D eigenvalue weighted by Gasteiger charge is -2.12. The highest BCUT2D eigenvalue weighted by Crippen LogP contribution is 2.24. The van der Waals surface area contributed by atoms with Crippen molar-refractivity contribution in [1.29, 1.82) is 0 Å². The molecule has 0 spiro atoms. The first-order chi connectivity index (χ1) is 8.93. The Bertz CT molecular complexity index is 480. The first-order valence-electron chi connectivity index (χ1n) is 5.61. The van der Waals surface area contributed by atoms with E-state index in [1.165, 1.54) is 18.2 Å². The normalized spacial score (nSPS) is 11.8. The van der Waals surface area contributed by atoms with Gasteiger partial charge < -0.3 is 15.7 Å². The summed E-state index contributed by atoms with van der Waals surface area (Å²) in [5, 5.41) is 14.2. The van der Waals surface area contributed by atoms with E-state index in [0.717, 1.165) is 0 Å². The van der Waals surface area contributed by atoms with Gasteiger partial charge in [-0.3, -0.25) is 9.59 Å². The van der Waals surface area contributed by atoms with Crippen molar-refractivity contribution < 1.29 is 14.7 Å². The van der Waals surface area contributed by atoms with Crippen molar-refractivity contribution in [3.05, 3.63) is 28.2 Å². The minimum Gasteiger partial charge on any atom is -0.396 e. The summed E-state index contributed by atoms with van der Waals surface area (Å²) in [5.41, 5.74) is 0.379. The molecule has 0 aromatic heterocycles. The Morgan fingerprint density at radius 1 is 1.26 bits per heavy atom. The van der Waals surface area contributed by atoms with Gasteiger partial charge in [0, 0.05) is 18.3 Å². The van der Waals surface area contributed by atoms with Crippen molar-refractivity contribution in [2.75, 3.05) is 11.9 Å². The maximum absolute atomic E-state index is 11.6. The van der Waals surface area contributed by atoms with E-state index < -0.39 is 11.8 Å². The van der Waals surface area contributed by atoms with Gasteiger partial charge in [-0.25, -0.2) is 0 Å². The summed E-state index contributed by atoms with van der Waals surface area (Å²) in [5.74, 6) is -1.57. The highest BCUT2D eigenvalue weighted by molar-refractivity contribution is 6.42. The second kappa shape index (κ2) is 7.33. The van der Waals surface area contributed by atoms with Crippen LogP contribution in [-0.4, -0.2) is 29.6 Å². The molecule has 104 valence electrons. The number of carbonyl (C=O) groups excluding carboxylic acids is 2. The fourth-order valence-electron chi connectivity index (χ4n) is 1.32. The predicted molar refractivity (Wildman–Crippen MR) is 74.4 cm³/mol. The second-order valence-electron chi connectivity index (χ2n) is 3.97. The summed E-state index contributed by atoms with van der Waals surface area (Å²) in [6.45, 7) is 1.64. The van der Waals surface area contributed by atoms with Gasteiger partial charge in [-0.15, -0.1) is 0 Å². The fraction of sp³-hybridized carbons (Fsp3) is 0.333. The molecular formula is C12H14Cl2N2O3. The Morgan fingerprint density at radius 3 is 2.53 bits per heavy atom. The van der Waals surface area contributed by atoms with E-state index in [-0.39, 0.29) is 17.7 Å². The van der Waals surface area contributed by atoms with E-state index in [4.69, 9.17) is 28.3 Å². The highest BCUT2D eigenvalue weighted by Gasteiger charge is 2.16. The number of aliphatic hydroxyl groups is 1. The first-order valence-corrected chi connectivity index (χ1v) is 6.37. The molecular weight excluding hydrogens is 291 g/mol. The van der Waals surface area contributed by atoms with Gasteiger partial charge in [-0.1, -0.05) is 23.2 Å². The number of hydrogen-bond acceptors (Lipinski definition) is 3. The van der Waals surface area contributed by atoms with Crippen LogP contribution in [0.4, 0.5) is 5.69 Å². The molecule has 0 aliphatic heterocycles. The Hall–Kier alpha value is -1.30. The van der Waals surface area contributed by atoms with Crippen LogP contribution < -0.4 is 10.6 Å². The third-order valence-electron chi connectivity index (χ3n) is 2.32. The summed E-state index contributed by atoms with van der Waals surface area (Å²) in [7, 11) is 0. The molecule has 0 bridgehead atoms. The fourth-order valence-corrected chi connectivity index (χ4v) is 1.61. The number of hydrogen-bond donors (Lipinski definition) is 3. The lowest BCUT2D eigenvalue weighted by Crippen LogP contribution is -2.40. The van der Waals surface area contributed by atoms with E-state index in [2.05, 4.69) is 10.6 Å². The molecule has 3 N–H and O–H groups in total. The van der Waals surface area contributed by atoms with Crippen molar-refractivity contribution in [2.24, 2.45) is 0 Å². The van der Waals surface area contributed by atoms with Gasteiger partial charge in [0.2, 0.25) is 0 Å². The third-order valence-corrected chi connectivity index (χ3v) is 3.06. The molecule has 0 fully saturated rings. The van der Waals surface area contributed by atoms with E-state index >= 15 is 0 Å². The van der Waals surface area contributed by atoms with E-state index in [9.17, 15) is 9.59 Å². The molecule has 0 heterocycles. The number of benzene rings is 1. The quantitative estimate of drug-likeness (QED) is 0.742. The standard InChI is InChI=1S/C12H14Cl2N2O3/c1-7(4-5-17)15-11(18)12(19)16-8-2-3-9(13)10(14)6-8/h2-3,6-7,17H,4-5H2,1H3,(H,15,18)(H,16,19)/t7-/m1/s1. The number of halogens is 2. The van der Waals surface area contributed by atoms with Crippen LogP contribution >= 0.6 is 23.2 Å². The summed E-state index contributed by atoms with van der Waals surface area (Å²) in [6.07, 6.45) is 0.381. The van der Waals surface area contributed by atoms with E-state index in [1.54, 1.807) is 6.92 Å². The minimum absolute atomic E-state index is 0.0597. The van der Waals surface area contributed by atoms with Gasteiger partial charge in [-0.2, -0.15) is 0 Å². The van der Waals surface area contributed by atoms with Crippen LogP contribution in [0.15, 0.2) is 18.2 Å². The van der Waals surface area contributed by atoms with Crippen LogP contribution in [0.3, 0.4) is 0 Å². The first kappa shape index (κ1) is 15.8. The molecule has 1 aromatic carbocycles. The lowest BCUT2D eigenvalue weighted by molar-refractivity contribution is -0.136. The van der Waals surface area contributed by atoms with Crippen LogP contribution in [0.2, 0.25) is 10.0 Å². The van der Waals surface area contributed by atoms with E-state index in [0.29, 0.717) is 17.1 Å². The summed E-state index contributed by atoms with van der Waals surface area (Å²) >= 11 is 11.5. The molecule has 1 aromatic rings. The van der Waals surface area contributed by atoms with Gasteiger partial charge in [0.25, 0.3) is 0 Å². The smallest absolute Gasteiger partial charge is 0.313 e. The molecule has 0 saturated carbocycles. The van der Waals surface area contributed by atoms with Gasteiger partial charge >= 0.3 is 11.8 Å². The number of carbonyl (C=O) groups is 2. The van der Waals surface area contributed by atoms with Crippen LogP contribution in [0.5, 0.6) is 0 Å². The number of aliphatic hydroxyl groups excluding tert-OH is 1. The van der Waals surface area contributed by atoms with Crippen LogP contribution in [-0.2, 0) is 9.59 Å². The zero-order valence-corrected chi connectivity index (χ0v) is 11.8. The third kappa shape index (κ3) is 5.06. The van der Waals surface area contributed by atoms with Crippen molar-refractivity contribution in [3.63, 3.8) is 0 Å². The maximum Gasteiger partial charge on any atom is 0.313 e. The molecule has 0 aliphatic carbocycles. The van der Waals surface area contributed by atoms with Crippen LogP contribution in [0, 0.1) is 0 Å². The Balaban J connectivity index is 2.58. The van der Waals surface area contributed by atoms with Gasteiger partial charge in [0.05, 0.1) is 10.0 Å².